The Labute approximate surface area is 121 Å². The van der Waals surface area contributed by atoms with Crippen molar-refractivity contribution in [3.63, 3.8) is 0 Å². The summed E-state index contributed by atoms with van der Waals surface area (Å²) in [7, 11) is 2.93. The first kappa shape index (κ1) is 21.0. The van der Waals surface area contributed by atoms with E-state index in [2.05, 4.69) is 30.2 Å². The molecule has 0 atom stereocenters. The second-order valence-corrected chi connectivity index (χ2v) is 7.24. The lowest BCUT2D eigenvalue weighted by Gasteiger charge is -2.16. The maximum Gasteiger partial charge on any atom is 0.507 e. The van der Waals surface area contributed by atoms with Crippen molar-refractivity contribution in [3.05, 3.63) is 0 Å². The number of unbranched alkanes of at least 4 members (excludes halogenated alkanes) is 3. The average molecular weight is 292 g/mol. The first-order valence-corrected chi connectivity index (χ1v) is 9.40. The smallest absolute Gasteiger partial charge is 0.438 e. The SMILES string of the molecule is CCCCP(CCCC)CCCC.COC(=O)OC. The highest BCUT2D eigenvalue weighted by molar-refractivity contribution is 7.57. The molecule has 3 nitrogen and oxygen atoms in total. The van der Waals surface area contributed by atoms with Crippen LogP contribution in [-0.2, 0) is 9.47 Å². The zero-order chi connectivity index (χ0) is 14.9. The minimum Gasteiger partial charge on any atom is -0.438 e. The summed E-state index contributed by atoms with van der Waals surface area (Å²) in [6.07, 6.45) is 12.6. The van der Waals surface area contributed by atoms with Crippen molar-refractivity contribution in [1.82, 2.24) is 0 Å². The fourth-order valence-electron chi connectivity index (χ4n) is 1.56. The van der Waals surface area contributed by atoms with Crippen molar-refractivity contribution in [2.24, 2.45) is 0 Å². The van der Waals surface area contributed by atoms with Gasteiger partial charge in [-0.25, -0.2) is 4.79 Å². The van der Waals surface area contributed by atoms with Crippen LogP contribution in [0.15, 0.2) is 0 Å². The minimum atomic E-state index is -0.657. The number of methoxy groups -OCH3 is 2. The molecule has 0 aromatic carbocycles. The van der Waals surface area contributed by atoms with E-state index in [4.69, 9.17) is 0 Å². The Balaban J connectivity index is 0. The lowest BCUT2D eigenvalue weighted by molar-refractivity contribution is 0.0924. The molecule has 116 valence electrons. The Kier molecular flexibility index (Phi) is 19.6. The van der Waals surface area contributed by atoms with E-state index >= 15 is 0 Å². The van der Waals surface area contributed by atoms with E-state index in [9.17, 15) is 4.79 Å². The van der Waals surface area contributed by atoms with Crippen molar-refractivity contribution in [1.29, 1.82) is 0 Å². The second-order valence-electron chi connectivity index (χ2n) is 4.56. The third-order valence-corrected chi connectivity index (χ3v) is 5.66. The van der Waals surface area contributed by atoms with E-state index in [-0.39, 0.29) is 0 Å². The highest BCUT2D eigenvalue weighted by atomic mass is 31.1. The van der Waals surface area contributed by atoms with Gasteiger partial charge in [0, 0.05) is 0 Å². The lowest BCUT2D eigenvalue weighted by atomic mass is 10.4. The third-order valence-electron chi connectivity index (χ3n) is 2.82. The molecule has 19 heavy (non-hydrogen) atoms. The van der Waals surface area contributed by atoms with Gasteiger partial charge in [0.2, 0.25) is 0 Å². The molecule has 0 saturated carbocycles. The van der Waals surface area contributed by atoms with E-state index in [1.54, 1.807) is 18.5 Å². The van der Waals surface area contributed by atoms with Crippen molar-refractivity contribution >= 4 is 14.1 Å². The van der Waals surface area contributed by atoms with Crippen molar-refractivity contribution in [2.45, 2.75) is 59.3 Å². The number of hydrogen-bond donors (Lipinski definition) is 0. The Bertz CT molecular complexity index is 161. The van der Waals surface area contributed by atoms with Crippen molar-refractivity contribution in [2.75, 3.05) is 32.7 Å². The number of ether oxygens (including phenoxy) is 2. The predicted octanol–water partition coefficient (Wildman–Crippen LogP) is 5.27. The van der Waals surface area contributed by atoms with Gasteiger partial charge in [-0.05, 0) is 37.7 Å². The largest absolute Gasteiger partial charge is 0.507 e. The van der Waals surface area contributed by atoms with Crippen LogP contribution in [0.3, 0.4) is 0 Å². The topological polar surface area (TPSA) is 35.5 Å². The molecule has 0 aliphatic heterocycles. The van der Waals surface area contributed by atoms with Gasteiger partial charge >= 0.3 is 6.16 Å². The first-order chi connectivity index (χ1) is 9.15. The Morgan fingerprint density at radius 1 is 0.789 bits per heavy atom. The average Bonchev–Trinajstić information content (AvgIpc) is 2.46. The van der Waals surface area contributed by atoms with Crippen molar-refractivity contribution in [3.8, 4) is 0 Å². The summed E-state index contributed by atoms with van der Waals surface area (Å²) in [6, 6.07) is 0. The third kappa shape index (κ3) is 17.7. The first-order valence-electron chi connectivity index (χ1n) is 7.50. The van der Waals surface area contributed by atoms with Gasteiger partial charge in [-0.1, -0.05) is 40.0 Å². The highest BCUT2D eigenvalue weighted by Crippen LogP contribution is 2.38. The Hall–Kier alpha value is -0.300. The van der Waals surface area contributed by atoms with Crippen LogP contribution in [0.4, 0.5) is 4.79 Å². The number of rotatable bonds is 9. The molecular formula is C15H33O3P. The van der Waals surface area contributed by atoms with Crippen LogP contribution in [-0.4, -0.2) is 38.9 Å². The van der Waals surface area contributed by atoms with E-state index in [0.29, 0.717) is 7.92 Å². The Morgan fingerprint density at radius 2 is 1.11 bits per heavy atom. The summed E-state index contributed by atoms with van der Waals surface area (Å²) >= 11 is 0. The molecule has 0 heterocycles. The van der Waals surface area contributed by atoms with Gasteiger partial charge in [0.1, 0.15) is 0 Å². The van der Waals surface area contributed by atoms with Crippen LogP contribution >= 0.6 is 7.92 Å². The molecule has 0 spiro atoms. The molecule has 0 aromatic rings. The zero-order valence-electron chi connectivity index (χ0n) is 13.5. The fraction of sp³-hybridized carbons (Fsp3) is 0.933. The van der Waals surface area contributed by atoms with Crippen LogP contribution in [0.5, 0.6) is 0 Å². The zero-order valence-corrected chi connectivity index (χ0v) is 14.4. The van der Waals surface area contributed by atoms with Crippen LogP contribution < -0.4 is 0 Å². The molecule has 0 fully saturated rings. The van der Waals surface area contributed by atoms with E-state index in [1.165, 1.54) is 52.7 Å². The summed E-state index contributed by atoms with van der Waals surface area (Å²) in [4.78, 5) is 9.74. The fourth-order valence-corrected chi connectivity index (χ4v) is 4.53. The van der Waals surface area contributed by atoms with Crippen LogP contribution in [0.1, 0.15) is 59.3 Å². The molecular weight excluding hydrogens is 259 g/mol. The molecule has 0 unspecified atom stereocenters. The number of carbonyl (C=O) groups is 1. The minimum absolute atomic E-state index is 0.422. The molecule has 0 saturated heterocycles. The summed E-state index contributed by atoms with van der Waals surface area (Å²) in [6.45, 7) is 6.94. The molecule has 0 bridgehead atoms. The van der Waals surface area contributed by atoms with E-state index in [0.717, 1.165) is 0 Å². The molecule has 0 aliphatic carbocycles. The van der Waals surface area contributed by atoms with Crippen LogP contribution in [0.25, 0.3) is 0 Å². The number of carbonyl (C=O) groups excluding carboxylic acids is 1. The molecule has 0 amide bonds. The highest BCUT2D eigenvalue weighted by Gasteiger charge is 2.05. The van der Waals surface area contributed by atoms with E-state index in [1.807, 2.05) is 0 Å². The van der Waals surface area contributed by atoms with Gasteiger partial charge in [0.15, 0.2) is 0 Å². The molecule has 4 heteroatoms. The summed E-state index contributed by atoms with van der Waals surface area (Å²) < 4.78 is 8.08. The standard InChI is InChI=1S/C12H27P.C3H6O3/c1-4-7-10-13(11-8-5-2)12-9-6-3;1-5-3(4)6-2/h4-12H2,1-3H3;1-2H3. The van der Waals surface area contributed by atoms with Crippen LogP contribution in [0.2, 0.25) is 0 Å². The normalized spacial score (nSPS) is 9.79. The summed E-state index contributed by atoms with van der Waals surface area (Å²) in [5, 5.41) is 0. The van der Waals surface area contributed by atoms with Crippen molar-refractivity contribution < 1.29 is 14.3 Å². The Morgan fingerprint density at radius 3 is 1.26 bits per heavy atom. The maximum absolute atomic E-state index is 9.74. The van der Waals surface area contributed by atoms with Gasteiger partial charge in [0.05, 0.1) is 14.2 Å². The molecule has 0 rings (SSSR count). The van der Waals surface area contributed by atoms with Gasteiger partial charge in [-0.3, -0.25) is 0 Å². The second kappa shape index (κ2) is 17.7. The van der Waals surface area contributed by atoms with Gasteiger partial charge in [-0.2, -0.15) is 0 Å². The van der Waals surface area contributed by atoms with Crippen LogP contribution in [0, 0.1) is 0 Å². The summed E-state index contributed by atoms with van der Waals surface area (Å²) in [5.41, 5.74) is 0. The van der Waals surface area contributed by atoms with Gasteiger partial charge in [0.25, 0.3) is 0 Å². The molecule has 0 N–H and O–H groups in total. The molecule has 0 aromatic heterocycles. The number of hydrogen-bond acceptors (Lipinski definition) is 3. The monoisotopic (exact) mass is 292 g/mol. The quantitative estimate of drug-likeness (QED) is 0.429. The maximum atomic E-state index is 9.74. The van der Waals surface area contributed by atoms with E-state index < -0.39 is 6.16 Å². The molecule has 0 aliphatic rings. The molecule has 0 radical (unpaired) electrons. The van der Waals surface area contributed by atoms with Gasteiger partial charge in [-0.15, -0.1) is 7.92 Å². The van der Waals surface area contributed by atoms with Gasteiger partial charge < -0.3 is 9.47 Å². The predicted molar refractivity (Wildman–Crippen MR) is 85.7 cm³/mol. The lowest BCUT2D eigenvalue weighted by Crippen LogP contribution is -1.97. The summed E-state index contributed by atoms with van der Waals surface area (Å²) in [5.74, 6) is 0.